The zero-order valence-corrected chi connectivity index (χ0v) is 14.2. The van der Waals surface area contributed by atoms with Crippen LogP contribution in [-0.4, -0.2) is 16.2 Å². The van der Waals surface area contributed by atoms with E-state index in [1.54, 1.807) is 0 Å². The molecule has 3 nitrogen and oxygen atoms in total. The van der Waals surface area contributed by atoms with E-state index in [0.29, 0.717) is 11.8 Å². The van der Waals surface area contributed by atoms with E-state index in [4.69, 9.17) is 4.74 Å². The molecule has 0 spiro atoms. The van der Waals surface area contributed by atoms with Crippen LogP contribution in [0.25, 0.3) is 10.9 Å². The van der Waals surface area contributed by atoms with Crippen molar-refractivity contribution in [2.24, 2.45) is 11.8 Å². The average molecular weight is 288 g/mol. The molecule has 0 aliphatic rings. The molecule has 2 heterocycles. The zero-order chi connectivity index (χ0) is 15.6. The first kappa shape index (κ1) is 15.9. The molecule has 116 valence electrons. The predicted octanol–water partition coefficient (Wildman–Crippen LogP) is 4.73. The number of rotatable bonds is 6. The van der Waals surface area contributed by atoms with E-state index in [1.807, 2.05) is 6.20 Å². The fourth-order valence-corrected chi connectivity index (χ4v) is 2.65. The Kier molecular flexibility index (Phi) is 4.92. The van der Waals surface area contributed by atoms with E-state index < -0.39 is 0 Å². The molecule has 0 saturated carbocycles. The van der Waals surface area contributed by atoms with Crippen molar-refractivity contribution >= 4 is 10.9 Å². The van der Waals surface area contributed by atoms with Gasteiger partial charge < -0.3 is 9.30 Å². The molecule has 0 aromatic carbocycles. The Morgan fingerprint density at radius 3 is 2.48 bits per heavy atom. The lowest BCUT2D eigenvalue weighted by Gasteiger charge is -2.14. The summed E-state index contributed by atoms with van der Waals surface area (Å²) in [5, 5.41) is 1.27. The first-order chi connectivity index (χ1) is 9.91. The van der Waals surface area contributed by atoms with E-state index in [9.17, 15) is 0 Å². The molecule has 2 rings (SSSR count). The van der Waals surface area contributed by atoms with Gasteiger partial charge in [0.2, 0.25) is 5.88 Å². The fourth-order valence-electron chi connectivity index (χ4n) is 2.65. The molecule has 0 bridgehead atoms. The maximum Gasteiger partial charge on any atom is 0.238 e. The van der Waals surface area contributed by atoms with Gasteiger partial charge in [-0.1, -0.05) is 27.7 Å². The van der Waals surface area contributed by atoms with Crippen molar-refractivity contribution < 1.29 is 4.74 Å². The average Bonchev–Trinajstić information content (AvgIpc) is 2.64. The smallest absolute Gasteiger partial charge is 0.238 e. The summed E-state index contributed by atoms with van der Waals surface area (Å²) >= 11 is 0. The van der Waals surface area contributed by atoms with Crippen molar-refractivity contribution in [3.8, 4) is 5.88 Å². The fraction of sp³-hybridized carbons (Fsp3) is 0.611. The molecule has 0 radical (unpaired) electrons. The molecule has 3 heteroatoms. The number of nitrogens with zero attached hydrogens (tertiary/aromatic N) is 2. The molecule has 0 fully saturated rings. The number of aryl methyl sites for hydroxylation is 1. The zero-order valence-electron chi connectivity index (χ0n) is 14.2. The lowest BCUT2D eigenvalue weighted by Crippen LogP contribution is -2.09. The van der Waals surface area contributed by atoms with Gasteiger partial charge in [-0.3, -0.25) is 0 Å². The van der Waals surface area contributed by atoms with Crippen LogP contribution in [0.15, 0.2) is 12.3 Å². The molecule has 2 aromatic rings. The Bertz CT molecular complexity index is 611. The number of ether oxygens (including phenoxy) is 1. The van der Waals surface area contributed by atoms with Crippen LogP contribution in [-0.2, 0) is 6.54 Å². The van der Waals surface area contributed by atoms with Crippen molar-refractivity contribution in [1.29, 1.82) is 0 Å². The van der Waals surface area contributed by atoms with Crippen LogP contribution in [0.2, 0.25) is 0 Å². The Morgan fingerprint density at radius 1 is 1.14 bits per heavy atom. The number of fused-ring (bicyclic) bond motifs is 1. The summed E-state index contributed by atoms with van der Waals surface area (Å²) in [5.74, 6) is 2.03. The van der Waals surface area contributed by atoms with Gasteiger partial charge in [-0.2, -0.15) is 0 Å². The Labute approximate surface area is 128 Å². The van der Waals surface area contributed by atoms with Gasteiger partial charge >= 0.3 is 0 Å². The molecule has 0 amide bonds. The van der Waals surface area contributed by atoms with Gasteiger partial charge in [0.1, 0.15) is 5.52 Å². The molecule has 0 atom stereocenters. The summed E-state index contributed by atoms with van der Waals surface area (Å²) < 4.78 is 8.36. The van der Waals surface area contributed by atoms with Gasteiger partial charge in [-0.05, 0) is 43.7 Å². The lowest BCUT2D eigenvalue weighted by molar-refractivity contribution is 0.281. The summed E-state index contributed by atoms with van der Waals surface area (Å²) in [7, 11) is 0. The van der Waals surface area contributed by atoms with Crippen LogP contribution < -0.4 is 4.74 Å². The second-order valence-corrected chi connectivity index (χ2v) is 6.76. The van der Waals surface area contributed by atoms with E-state index in [2.05, 4.69) is 57.2 Å². The topological polar surface area (TPSA) is 27.1 Å². The van der Waals surface area contributed by atoms with Crippen LogP contribution in [0, 0.1) is 25.7 Å². The van der Waals surface area contributed by atoms with E-state index >= 15 is 0 Å². The van der Waals surface area contributed by atoms with Crippen LogP contribution in [0.3, 0.4) is 0 Å². The molecular formula is C18H28N2O. The highest BCUT2D eigenvalue weighted by atomic mass is 16.5. The molecule has 0 unspecified atom stereocenters. The number of hydrogen-bond donors (Lipinski definition) is 0. The normalized spacial score (nSPS) is 11.8. The van der Waals surface area contributed by atoms with Gasteiger partial charge in [-0.15, -0.1) is 0 Å². The Balaban J connectivity index is 2.43. The van der Waals surface area contributed by atoms with Gasteiger partial charge in [0.05, 0.1) is 6.61 Å². The summed E-state index contributed by atoms with van der Waals surface area (Å²) in [6, 6.07) is 2.10. The molecule has 0 N–H and O–H groups in total. The summed E-state index contributed by atoms with van der Waals surface area (Å²) in [4.78, 5) is 4.48. The first-order valence-electron chi connectivity index (χ1n) is 7.99. The maximum atomic E-state index is 5.99. The van der Waals surface area contributed by atoms with E-state index in [-0.39, 0.29) is 0 Å². The van der Waals surface area contributed by atoms with Crippen LogP contribution in [0.4, 0.5) is 0 Å². The lowest BCUT2D eigenvalue weighted by atomic mass is 10.1. The summed E-state index contributed by atoms with van der Waals surface area (Å²) in [6.07, 6.45) is 2.92. The van der Waals surface area contributed by atoms with Crippen molar-refractivity contribution in [2.45, 2.75) is 54.5 Å². The van der Waals surface area contributed by atoms with Crippen molar-refractivity contribution in [2.75, 3.05) is 6.61 Å². The monoisotopic (exact) mass is 288 g/mol. The predicted molar refractivity (Wildman–Crippen MR) is 89.0 cm³/mol. The summed E-state index contributed by atoms with van der Waals surface area (Å²) in [6.45, 7) is 15.0. The Morgan fingerprint density at radius 2 is 1.86 bits per heavy atom. The molecule has 0 aliphatic carbocycles. The maximum absolute atomic E-state index is 5.99. The number of hydrogen-bond acceptors (Lipinski definition) is 2. The Hall–Kier alpha value is -1.51. The molecule has 0 aliphatic heterocycles. The minimum absolute atomic E-state index is 0.599. The van der Waals surface area contributed by atoms with Crippen molar-refractivity contribution in [1.82, 2.24) is 9.55 Å². The highest BCUT2D eigenvalue weighted by Gasteiger charge is 2.16. The van der Waals surface area contributed by atoms with Crippen LogP contribution >= 0.6 is 0 Å². The minimum atomic E-state index is 0.599. The SMILES string of the molecule is Cc1c(C)n(CC(C)C)c2c(OCCC(C)C)nccc12. The second kappa shape index (κ2) is 6.50. The van der Waals surface area contributed by atoms with Gasteiger partial charge in [0.25, 0.3) is 0 Å². The molecule has 2 aromatic heterocycles. The number of pyridine rings is 1. The third-order valence-electron chi connectivity index (χ3n) is 3.99. The van der Waals surface area contributed by atoms with Crippen LogP contribution in [0.1, 0.15) is 45.4 Å². The second-order valence-electron chi connectivity index (χ2n) is 6.76. The largest absolute Gasteiger partial charge is 0.476 e. The van der Waals surface area contributed by atoms with Gasteiger partial charge in [-0.25, -0.2) is 4.98 Å². The van der Waals surface area contributed by atoms with E-state index in [0.717, 1.165) is 31.0 Å². The quantitative estimate of drug-likeness (QED) is 0.768. The minimum Gasteiger partial charge on any atom is -0.476 e. The van der Waals surface area contributed by atoms with E-state index in [1.165, 1.54) is 16.6 Å². The number of aromatic nitrogens is 2. The third-order valence-corrected chi connectivity index (χ3v) is 3.99. The third kappa shape index (κ3) is 3.39. The molecular weight excluding hydrogens is 260 g/mol. The molecule has 21 heavy (non-hydrogen) atoms. The van der Waals surface area contributed by atoms with Gasteiger partial charge in [0, 0.05) is 23.8 Å². The highest BCUT2D eigenvalue weighted by molar-refractivity contribution is 5.88. The molecule has 0 saturated heterocycles. The van der Waals surface area contributed by atoms with Gasteiger partial charge in [0.15, 0.2) is 0 Å². The van der Waals surface area contributed by atoms with Crippen molar-refractivity contribution in [3.05, 3.63) is 23.5 Å². The van der Waals surface area contributed by atoms with Crippen molar-refractivity contribution in [3.63, 3.8) is 0 Å². The first-order valence-corrected chi connectivity index (χ1v) is 7.99. The summed E-state index contributed by atoms with van der Waals surface area (Å²) in [5.41, 5.74) is 3.81. The highest BCUT2D eigenvalue weighted by Crippen LogP contribution is 2.31. The standard InChI is InChI=1S/C18H28N2O/c1-12(2)8-10-21-18-17-16(7-9-19-18)14(5)15(6)20(17)11-13(3)4/h7,9,12-13H,8,10-11H2,1-6H3. The van der Waals surface area contributed by atoms with Crippen LogP contribution in [0.5, 0.6) is 5.88 Å².